The minimum absolute atomic E-state index is 0.0697. The summed E-state index contributed by atoms with van der Waals surface area (Å²) in [6.07, 6.45) is -4.90. The molecule has 0 saturated carbocycles. The number of aromatic nitrogens is 2. The van der Waals surface area contributed by atoms with Crippen LogP contribution in [0.2, 0.25) is 0 Å². The van der Waals surface area contributed by atoms with Crippen LogP contribution in [0, 0.1) is 13.8 Å². The number of hydrogen-bond donors (Lipinski definition) is 2. The highest BCUT2D eigenvalue weighted by molar-refractivity contribution is 5.78. The van der Waals surface area contributed by atoms with Crippen molar-refractivity contribution >= 4 is 5.91 Å². The molecule has 8 heteroatoms. The van der Waals surface area contributed by atoms with Crippen LogP contribution in [0.4, 0.5) is 13.2 Å². The van der Waals surface area contributed by atoms with Crippen LogP contribution in [0.15, 0.2) is 4.79 Å². The van der Waals surface area contributed by atoms with Gasteiger partial charge in [-0.1, -0.05) is 0 Å². The normalized spacial score (nSPS) is 11.4. The molecule has 1 aromatic rings. The molecule has 5 nitrogen and oxygen atoms in total. The van der Waals surface area contributed by atoms with Crippen LogP contribution < -0.4 is 10.9 Å². The number of carbonyl (C=O) groups excluding carboxylic acids is 1. The Kier molecular flexibility index (Phi) is 4.10. The highest BCUT2D eigenvalue weighted by Crippen LogP contribution is 2.12. The fraction of sp³-hybridized carbons (Fsp3) is 0.500. The van der Waals surface area contributed by atoms with Crippen molar-refractivity contribution in [3.8, 4) is 0 Å². The molecule has 1 aromatic heterocycles. The van der Waals surface area contributed by atoms with Gasteiger partial charge in [-0.25, -0.2) is 4.98 Å². The van der Waals surface area contributed by atoms with E-state index in [1.807, 2.05) is 0 Å². The van der Waals surface area contributed by atoms with Crippen molar-refractivity contribution < 1.29 is 18.0 Å². The third-order valence-electron chi connectivity index (χ3n) is 2.16. The van der Waals surface area contributed by atoms with Gasteiger partial charge >= 0.3 is 6.18 Å². The third kappa shape index (κ3) is 4.19. The van der Waals surface area contributed by atoms with E-state index in [9.17, 15) is 22.8 Å². The number of amides is 1. The van der Waals surface area contributed by atoms with Gasteiger partial charge in [-0.3, -0.25) is 9.59 Å². The maximum absolute atomic E-state index is 11.9. The molecule has 0 saturated heterocycles. The number of rotatable bonds is 3. The lowest BCUT2D eigenvalue weighted by Gasteiger charge is -2.09. The SMILES string of the molecule is Cc1nc(C)c(CC(=O)NCC(F)(F)F)c(=O)[nH]1. The Hall–Kier alpha value is -1.86. The predicted molar refractivity (Wildman–Crippen MR) is 57.1 cm³/mol. The van der Waals surface area contributed by atoms with Crippen LogP contribution in [0.1, 0.15) is 17.1 Å². The quantitative estimate of drug-likeness (QED) is 0.839. The van der Waals surface area contributed by atoms with Crippen molar-refractivity contribution in [3.63, 3.8) is 0 Å². The summed E-state index contributed by atoms with van der Waals surface area (Å²) in [4.78, 5) is 29.1. The number of halogens is 3. The number of aryl methyl sites for hydroxylation is 2. The molecule has 2 N–H and O–H groups in total. The molecule has 0 spiro atoms. The standard InChI is InChI=1S/C10H12F3N3O2/c1-5-7(9(18)16-6(2)15-5)3-8(17)14-4-10(11,12)13/h3-4H2,1-2H3,(H,14,17)(H,15,16,18). The van der Waals surface area contributed by atoms with Gasteiger partial charge in [0.2, 0.25) is 5.91 Å². The summed E-state index contributed by atoms with van der Waals surface area (Å²) in [6.45, 7) is 1.68. The molecule has 0 atom stereocenters. The summed E-state index contributed by atoms with van der Waals surface area (Å²) >= 11 is 0. The molecule has 0 unspecified atom stereocenters. The topological polar surface area (TPSA) is 74.8 Å². The molecule has 0 fully saturated rings. The molecule has 100 valence electrons. The van der Waals surface area contributed by atoms with E-state index in [0.717, 1.165) is 0 Å². The van der Waals surface area contributed by atoms with Gasteiger partial charge in [0.25, 0.3) is 5.56 Å². The summed E-state index contributed by atoms with van der Waals surface area (Å²) < 4.78 is 35.6. The molecule has 0 radical (unpaired) electrons. The Morgan fingerprint density at radius 2 is 2.00 bits per heavy atom. The lowest BCUT2D eigenvalue weighted by molar-refractivity contribution is -0.138. The van der Waals surface area contributed by atoms with E-state index in [-0.39, 0.29) is 5.56 Å². The molecule has 0 aliphatic rings. The molecule has 0 aliphatic heterocycles. The average molecular weight is 263 g/mol. The van der Waals surface area contributed by atoms with Crippen molar-refractivity contribution in [2.75, 3.05) is 6.54 Å². The Labute approximate surface area is 100 Å². The van der Waals surface area contributed by atoms with Crippen LogP contribution in [0.5, 0.6) is 0 Å². The molecule has 0 aromatic carbocycles. The number of hydrogen-bond acceptors (Lipinski definition) is 3. The van der Waals surface area contributed by atoms with Gasteiger partial charge in [0.05, 0.1) is 6.42 Å². The first kappa shape index (κ1) is 14.2. The largest absolute Gasteiger partial charge is 0.405 e. The molecule has 0 bridgehead atoms. The first-order valence-corrected chi connectivity index (χ1v) is 5.09. The molecular weight excluding hydrogens is 251 g/mol. The number of nitrogens with zero attached hydrogens (tertiary/aromatic N) is 1. The molecule has 1 rings (SSSR count). The van der Waals surface area contributed by atoms with Crippen molar-refractivity contribution in [2.45, 2.75) is 26.4 Å². The number of carbonyl (C=O) groups is 1. The van der Waals surface area contributed by atoms with Crippen molar-refractivity contribution in [1.82, 2.24) is 15.3 Å². The van der Waals surface area contributed by atoms with Crippen LogP contribution >= 0.6 is 0 Å². The lowest BCUT2D eigenvalue weighted by Crippen LogP contribution is -2.36. The Morgan fingerprint density at radius 3 is 2.50 bits per heavy atom. The molecule has 18 heavy (non-hydrogen) atoms. The number of H-pyrrole nitrogens is 1. The van der Waals surface area contributed by atoms with Gasteiger partial charge < -0.3 is 10.3 Å². The van der Waals surface area contributed by atoms with Gasteiger partial charge in [0.15, 0.2) is 0 Å². The fourth-order valence-corrected chi connectivity index (χ4v) is 1.38. The van der Waals surface area contributed by atoms with E-state index >= 15 is 0 Å². The smallest absolute Gasteiger partial charge is 0.347 e. The van der Waals surface area contributed by atoms with Gasteiger partial charge in [-0.15, -0.1) is 0 Å². The molecular formula is C10H12F3N3O2. The van der Waals surface area contributed by atoms with E-state index < -0.39 is 30.6 Å². The highest BCUT2D eigenvalue weighted by atomic mass is 19.4. The van der Waals surface area contributed by atoms with E-state index in [2.05, 4.69) is 9.97 Å². The fourth-order valence-electron chi connectivity index (χ4n) is 1.38. The molecule has 0 aliphatic carbocycles. The van der Waals surface area contributed by atoms with Crippen LogP contribution in [-0.2, 0) is 11.2 Å². The maximum Gasteiger partial charge on any atom is 0.405 e. The number of aromatic amines is 1. The Morgan fingerprint density at radius 1 is 1.39 bits per heavy atom. The summed E-state index contributed by atoms with van der Waals surface area (Å²) in [6, 6.07) is 0. The first-order chi connectivity index (χ1) is 8.19. The summed E-state index contributed by atoms with van der Waals surface area (Å²) in [5, 5.41) is 1.70. The second kappa shape index (κ2) is 5.19. The average Bonchev–Trinajstić information content (AvgIpc) is 2.19. The van der Waals surface area contributed by atoms with Gasteiger partial charge in [-0.05, 0) is 13.8 Å². The highest BCUT2D eigenvalue weighted by Gasteiger charge is 2.27. The van der Waals surface area contributed by atoms with Crippen LogP contribution in [-0.4, -0.2) is 28.6 Å². The summed E-state index contributed by atoms with van der Waals surface area (Å²) in [5.41, 5.74) is -0.110. The van der Waals surface area contributed by atoms with Crippen molar-refractivity contribution in [2.24, 2.45) is 0 Å². The zero-order valence-corrected chi connectivity index (χ0v) is 9.81. The minimum atomic E-state index is -4.47. The van der Waals surface area contributed by atoms with E-state index in [1.165, 1.54) is 6.92 Å². The summed E-state index contributed by atoms with van der Waals surface area (Å²) in [7, 11) is 0. The monoisotopic (exact) mass is 263 g/mol. The van der Waals surface area contributed by atoms with Gasteiger partial charge in [0, 0.05) is 11.3 Å². The molecule has 1 amide bonds. The van der Waals surface area contributed by atoms with Crippen LogP contribution in [0.25, 0.3) is 0 Å². The Bertz CT molecular complexity index is 508. The number of nitrogens with one attached hydrogen (secondary N) is 2. The predicted octanol–water partition coefficient (Wildman–Crippen LogP) is 0.608. The zero-order valence-electron chi connectivity index (χ0n) is 9.81. The number of alkyl halides is 3. The van der Waals surface area contributed by atoms with Crippen LogP contribution in [0.3, 0.4) is 0 Å². The van der Waals surface area contributed by atoms with E-state index in [4.69, 9.17) is 0 Å². The van der Waals surface area contributed by atoms with Crippen molar-refractivity contribution in [1.29, 1.82) is 0 Å². The minimum Gasteiger partial charge on any atom is -0.347 e. The van der Waals surface area contributed by atoms with Crippen molar-refractivity contribution in [3.05, 3.63) is 27.4 Å². The van der Waals surface area contributed by atoms with E-state index in [0.29, 0.717) is 11.5 Å². The second-order valence-electron chi connectivity index (χ2n) is 3.78. The first-order valence-electron chi connectivity index (χ1n) is 5.09. The van der Waals surface area contributed by atoms with Gasteiger partial charge in [-0.2, -0.15) is 13.2 Å². The van der Waals surface area contributed by atoms with E-state index in [1.54, 1.807) is 12.2 Å². The summed E-state index contributed by atoms with van der Waals surface area (Å²) in [5.74, 6) is -0.483. The second-order valence-corrected chi connectivity index (χ2v) is 3.78. The van der Waals surface area contributed by atoms with Gasteiger partial charge in [0.1, 0.15) is 12.4 Å². The third-order valence-corrected chi connectivity index (χ3v) is 2.16. The lowest BCUT2D eigenvalue weighted by atomic mass is 10.1. The molecule has 1 heterocycles. The zero-order chi connectivity index (χ0) is 13.9. The maximum atomic E-state index is 11.9. The Balaban J connectivity index is 2.74.